The molecule has 8 heteroatoms. The number of piperazine rings is 2. The molecule has 0 unspecified atom stereocenters. The van der Waals surface area contributed by atoms with E-state index in [2.05, 4.69) is 5.32 Å². The zero-order valence-corrected chi connectivity index (χ0v) is 17.4. The van der Waals surface area contributed by atoms with Crippen molar-refractivity contribution in [1.29, 1.82) is 0 Å². The molecule has 2 heterocycles. The van der Waals surface area contributed by atoms with Crippen molar-refractivity contribution in [1.82, 2.24) is 15.1 Å². The SMILES string of the molecule is CC(C)CCC(=O)N1C[C@H]2CNC(=O)[C@H](CC(C)C)N2C(=O)[C@@H]1CCC(N)=O. The maximum Gasteiger partial charge on any atom is 0.246 e. The highest BCUT2D eigenvalue weighted by Crippen LogP contribution is 2.28. The smallest absolute Gasteiger partial charge is 0.246 e. The number of carbonyl (C=O) groups excluding carboxylic acids is 4. The number of amides is 4. The molecule has 2 aliphatic heterocycles. The minimum Gasteiger partial charge on any atom is -0.370 e. The summed E-state index contributed by atoms with van der Waals surface area (Å²) in [7, 11) is 0. The predicted molar refractivity (Wildman–Crippen MR) is 105 cm³/mol. The van der Waals surface area contributed by atoms with Gasteiger partial charge in [0.2, 0.25) is 23.6 Å². The van der Waals surface area contributed by atoms with E-state index < -0.39 is 18.0 Å². The van der Waals surface area contributed by atoms with E-state index in [1.165, 1.54) is 0 Å². The molecular formula is C20H34N4O4. The average Bonchev–Trinajstić information content (AvgIpc) is 2.60. The van der Waals surface area contributed by atoms with Crippen LogP contribution < -0.4 is 11.1 Å². The Hall–Kier alpha value is -2.12. The summed E-state index contributed by atoms with van der Waals surface area (Å²) in [5.41, 5.74) is 5.29. The molecule has 0 aliphatic carbocycles. The number of rotatable bonds is 8. The first kappa shape index (κ1) is 22.2. The van der Waals surface area contributed by atoms with Crippen LogP contribution in [0.1, 0.15) is 59.8 Å². The third-order valence-corrected chi connectivity index (χ3v) is 5.48. The summed E-state index contributed by atoms with van der Waals surface area (Å²) in [5.74, 6) is -0.331. The second kappa shape index (κ2) is 9.39. The van der Waals surface area contributed by atoms with Crippen molar-refractivity contribution in [2.24, 2.45) is 17.6 Å². The van der Waals surface area contributed by atoms with Crippen LogP contribution in [-0.4, -0.2) is 64.6 Å². The summed E-state index contributed by atoms with van der Waals surface area (Å²) in [6, 6.07) is -1.50. The second-order valence-corrected chi connectivity index (χ2v) is 8.79. The second-order valence-electron chi connectivity index (χ2n) is 8.79. The van der Waals surface area contributed by atoms with Gasteiger partial charge in [-0.25, -0.2) is 0 Å². The number of nitrogens with zero attached hydrogens (tertiary/aromatic N) is 2. The number of hydrogen-bond donors (Lipinski definition) is 2. The third kappa shape index (κ3) is 5.23. The van der Waals surface area contributed by atoms with Crippen LogP contribution in [0.5, 0.6) is 0 Å². The van der Waals surface area contributed by atoms with Gasteiger partial charge >= 0.3 is 0 Å². The maximum atomic E-state index is 13.4. The molecule has 0 spiro atoms. The van der Waals surface area contributed by atoms with E-state index >= 15 is 0 Å². The molecule has 2 rings (SSSR count). The molecule has 3 N–H and O–H groups in total. The maximum absolute atomic E-state index is 13.4. The van der Waals surface area contributed by atoms with E-state index in [1.54, 1.807) is 9.80 Å². The van der Waals surface area contributed by atoms with Crippen LogP contribution in [0, 0.1) is 11.8 Å². The van der Waals surface area contributed by atoms with Crippen LogP contribution >= 0.6 is 0 Å². The van der Waals surface area contributed by atoms with Crippen molar-refractivity contribution in [3.8, 4) is 0 Å². The molecule has 2 fully saturated rings. The topological polar surface area (TPSA) is 113 Å². The van der Waals surface area contributed by atoms with Gasteiger partial charge in [0.25, 0.3) is 0 Å². The summed E-state index contributed by atoms with van der Waals surface area (Å²) < 4.78 is 0. The van der Waals surface area contributed by atoms with Crippen molar-refractivity contribution in [2.75, 3.05) is 13.1 Å². The molecule has 0 bridgehead atoms. The van der Waals surface area contributed by atoms with Gasteiger partial charge in [-0.15, -0.1) is 0 Å². The number of primary amides is 1. The zero-order chi connectivity index (χ0) is 21.0. The Morgan fingerprint density at radius 3 is 2.36 bits per heavy atom. The lowest BCUT2D eigenvalue weighted by Crippen LogP contribution is -2.72. The quantitative estimate of drug-likeness (QED) is 0.629. The van der Waals surface area contributed by atoms with Gasteiger partial charge in [-0.1, -0.05) is 27.7 Å². The predicted octanol–water partition coefficient (Wildman–Crippen LogP) is 0.641. The molecule has 4 amide bonds. The van der Waals surface area contributed by atoms with Gasteiger partial charge in [-0.3, -0.25) is 19.2 Å². The summed E-state index contributed by atoms with van der Waals surface area (Å²) >= 11 is 0. The molecule has 0 aromatic carbocycles. The van der Waals surface area contributed by atoms with Gasteiger partial charge in [0.1, 0.15) is 12.1 Å². The fourth-order valence-corrected chi connectivity index (χ4v) is 4.02. The molecule has 0 aromatic heterocycles. The Labute approximate surface area is 167 Å². The number of nitrogens with one attached hydrogen (secondary N) is 1. The molecule has 8 nitrogen and oxygen atoms in total. The van der Waals surface area contributed by atoms with Crippen LogP contribution in [0.25, 0.3) is 0 Å². The average molecular weight is 395 g/mol. The summed E-state index contributed by atoms with van der Waals surface area (Å²) in [5, 5.41) is 2.89. The standard InChI is InChI=1S/C20H34N4O4/c1-12(2)5-8-18(26)23-11-14-10-22-19(27)16(9-13(3)4)24(14)20(28)15(23)6-7-17(21)25/h12-16H,5-11H2,1-4H3,(H2,21,25)(H,22,27)/t14-,15+,16+/m1/s1. The van der Waals surface area contributed by atoms with Gasteiger partial charge < -0.3 is 20.9 Å². The summed E-state index contributed by atoms with van der Waals surface area (Å²) in [6.07, 6.45) is 1.91. The zero-order valence-electron chi connectivity index (χ0n) is 17.4. The van der Waals surface area contributed by atoms with Crippen LogP contribution in [0.2, 0.25) is 0 Å². The summed E-state index contributed by atoms with van der Waals surface area (Å²) in [4.78, 5) is 53.2. The monoisotopic (exact) mass is 394 g/mol. The number of fused-ring (bicyclic) bond motifs is 1. The Morgan fingerprint density at radius 2 is 1.79 bits per heavy atom. The van der Waals surface area contributed by atoms with Gasteiger partial charge in [0.15, 0.2) is 0 Å². The molecule has 0 aromatic rings. The van der Waals surface area contributed by atoms with E-state index in [4.69, 9.17) is 5.73 Å². The Bertz CT molecular complexity index is 619. The molecule has 2 aliphatic rings. The van der Waals surface area contributed by atoms with Crippen molar-refractivity contribution in [3.05, 3.63) is 0 Å². The van der Waals surface area contributed by atoms with Gasteiger partial charge in [0.05, 0.1) is 6.04 Å². The van der Waals surface area contributed by atoms with Crippen molar-refractivity contribution < 1.29 is 19.2 Å². The van der Waals surface area contributed by atoms with Crippen LogP contribution in [-0.2, 0) is 19.2 Å². The lowest BCUT2D eigenvalue weighted by atomic mass is 9.92. The van der Waals surface area contributed by atoms with E-state index in [0.717, 1.165) is 6.42 Å². The fourth-order valence-electron chi connectivity index (χ4n) is 4.02. The molecule has 0 radical (unpaired) electrons. The van der Waals surface area contributed by atoms with Gasteiger partial charge in [-0.05, 0) is 31.1 Å². The first-order chi connectivity index (χ1) is 13.1. The Morgan fingerprint density at radius 1 is 1.11 bits per heavy atom. The van der Waals surface area contributed by atoms with E-state index in [-0.39, 0.29) is 42.5 Å². The lowest BCUT2D eigenvalue weighted by molar-refractivity contribution is -0.164. The summed E-state index contributed by atoms with van der Waals surface area (Å²) in [6.45, 7) is 8.84. The van der Waals surface area contributed by atoms with Crippen molar-refractivity contribution >= 4 is 23.6 Å². The van der Waals surface area contributed by atoms with Crippen LogP contribution in [0.15, 0.2) is 0 Å². The van der Waals surface area contributed by atoms with E-state index in [1.807, 2.05) is 27.7 Å². The fraction of sp³-hybridized carbons (Fsp3) is 0.800. The highest BCUT2D eigenvalue weighted by Gasteiger charge is 2.48. The molecule has 3 atom stereocenters. The van der Waals surface area contributed by atoms with E-state index in [0.29, 0.717) is 31.8 Å². The molecular weight excluding hydrogens is 360 g/mol. The van der Waals surface area contributed by atoms with Crippen molar-refractivity contribution in [2.45, 2.75) is 77.9 Å². The lowest BCUT2D eigenvalue weighted by Gasteiger charge is -2.51. The van der Waals surface area contributed by atoms with Gasteiger partial charge in [-0.2, -0.15) is 0 Å². The van der Waals surface area contributed by atoms with Crippen LogP contribution in [0.3, 0.4) is 0 Å². The van der Waals surface area contributed by atoms with Crippen molar-refractivity contribution in [3.63, 3.8) is 0 Å². The number of hydrogen-bond acceptors (Lipinski definition) is 4. The first-order valence-electron chi connectivity index (χ1n) is 10.3. The normalized spacial score (nSPS) is 25.1. The highest BCUT2D eigenvalue weighted by atomic mass is 16.2. The number of nitrogens with two attached hydrogens (primary N) is 1. The molecule has 28 heavy (non-hydrogen) atoms. The van der Waals surface area contributed by atoms with Crippen LogP contribution in [0.4, 0.5) is 0 Å². The third-order valence-electron chi connectivity index (χ3n) is 5.48. The molecule has 2 saturated heterocycles. The largest absolute Gasteiger partial charge is 0.370 e. The van der Waals surface area contributed by atoms with E-state index in [9.17, 15) is 19.2 Å². The first-order valence-corrected chi connectivity index (χ1v) is 10.3. The number of carbonyl (C=O) groups is 4. The minimum atomic E-state index is -0.732. The molecule has 0 saturated carbocycles. The molecule has 158 valence electrons. The Kier molecular flexibility index (Phi) is 7.43. The minimum absolute atomic E-state index is 0.0317. The Balaban J connectivity index is 2.26. The highest BCUT2D eigenvalue weighted by molar-refractivity contribution is 5.94. The van der Waals surface area contributed by atoms with Gasteiger partial charge in [0, 0.05) is 25.9 Å².